The molecule has 1 aliphatic heterocycles. The first-order valence-corrected chi connectivity index (χ1v) is 10.1. The van der Waals surface area contributed by atoms with Gasteiger partial charge in [-0.05, 0) is 48.4 Å². The first kappa shape index (κ1) is 19.1. The average Bonchev–Trinajstić information content (AvgIpc) is 3.16. The van der Waals surface area contributed by atoms with E-state index in [0.717, 1.165) is 26.9 Å². The second-order valence-corrected chi connectivity index (χ2v) is 7.77. The van der Waals surface area contributed by atoms with Crippen LogP contribution < -0.4 is 5.32 Å². The Labute approximate surface area is 172 Å². The quantitative estimate of drug-likeness (QED) is 0.652. The number of ether oxygens (including phenoxy) is 1. The third-order valence-electron chi connectivity index (χ3n) is 5.12. The van der Waals surface area contributed by atoms with Crippen LogP contribution in [-0.2, 0) is 14.3 Å². The van der Waals surface area contributed by atoms with Gasteiger partial charge in [0.25, 0.3) is 0 Å². The average molecular weight is 404 g/mol. The molecule has 1 aromatic carbocycles. The number of methoxy groups -OCH3 is 1. The van der Waals surface area contributed by atoms with Crippen molar-refractivity contribution < 1.29 is 14.3 Å². The number of aromatic nitrogens is 1. The third kappa shape index (κ3) is 3.25. The number of allylic oxidation sites excluding steroid dienone is 2. The van der Waals surface area contributed by atoms with E-state index in [9.17, 15) is 9.59 Å². The topological polar surface area (TPSA) is 68.3 Å². The van der Waals surface area contributed by atoms with Crippen molar-refractivity contribution in [1.82, 2.24) is 10.3 Å². The Hall–Kier alpha value is -3.25. The number of dihydropyridines is 1. The van der Waals surface area contributed by atoms with Crippen LogP contribution in [0.1, 0.15) is 30.9 Å². The first-order chi connectivity index (χ1) is 14.0. The number of fused-ring (bicyclic) bond motifs is 1. The lowest BCUT2D eigenvalue weighted by atomic mass is 9.78. The molecule has 5 nitrogen and oxygen atoms in total. The van der Waals surface area contributed by atoms with Gasteiger partial charge in [0.2, 0.25) is 0 Å². The summed E-state index contributed by atoms with van der Waals surface area (Å²) in [6, 6.07) is 11.7. The van der Waals surface area contributed by atoms with E-state index >= 15 is 0 Å². The van der Waals surface area contributed by atoms with Crippen molar-refractivity contribution in [3.8, 4) is 0 Å². The van der Waals surface area contributed by atoms with Gasteiger partial charge in [-0.15, -0.1) is 11.3 Å². The maximum Gasteiger partial charge on any atom is 0.336 e. The highest BCUT2D eigenvalue weighted by molar-refractivity contribution is 7.17. The van der Waals surface area contributed by atoms with Crippen molar-refractivity contribution >= 4 is 38.9 Å². The fraction of sp³-hybridized carbons (Fsp3) is 0.174. The van der Waals surface area contributed by atoms with Crippen molar-refractivity contribution in [3.05, 3.63) is 82.1 Å². The van der Waals surface area contributed by atoms with Gasteiger partial charge in [0, 0.05) is 39.8 Å². The molecule has 0 bridgehead atoms. The number of rotatable bonds is 4. The number of benzene rings is 1. The summed E-state index contributed by atoms with van der Waals surface area (Å²) in [6.07, 6.45) is 3.37. The lowest BCUT2D eigenvalue weighted by Gasteiger charge is -2.31. The highest BCUT2D eigenvalue weighted by Crippen LogP contribution is 2.45. The first-order valence-electron chi connectivity index (χ1n) is 9.20. The maximum atomic E-state index is 13.0. The van der Waals surface area contributed by atoms with E-state index in [4.69, 9.17) is 4.74 Å². The number of pyridine rings is 1. The summed E-state index contributed by atoms with van der Waals surface area (Å²) in [6.45, 7) is 3.40. The number of ketones is 1. The lowest BCUT2D eigenvalue weighted by Crippen LogP contribution is -2.31. The number of nitrogens with zero attached hydrogens (tertiary/aromatic N) is 1. The number of nitrogens with one attached hydrogen (secondary N) is 1. The molecular formula is C23H20N2O3S. The van der Waals surface area contributed by atoms with E-state index in [-0.39, 0.29) is 5.78 Å². The Bertz CT molecular complexity index is 1180. The smallest absolute Gasteiger partial charge is 0.336 e. The zero-order chi connectivity index (χ0) is 20.5. The van der Waals surface area contributed by atoms with Gasteiger partial charge in [-0.2, -0.15) is 0 Å². The monoisotopic (exact) mass is 404 g/mol. The second kappa shape index (κ2) is 7.64. The van der Waals surface area contributed by atoms with E-state index in [1.807, 2.05) is 48.7 Å². The highest BCUT2D eigenvalue weighted by Gasteiger charge is 2.38. The molecule has 6 heteroatoms. The van der Waals surface area contributed by atoms with Gasteiger partial charge in [0.05, 0.1) is 18.4 Å². The minimum Gasteiger partial charge on any atom is -0.466 e. The number of Topliss-reactive ketones (excluding diaryl/α,β-unsaturated/α-hetero) is 1. The Kier molecular flexibility index (Phi) is 5.03. The SMILES string of the molecule is COC(=O)C1=C(c2cccnc2)NC(C)=C(C(C)=O)C1c1csc2ccccc12. The van der Waals surface area contributed by atoms with Crippen molar-refractivity contribution in [2.45, 2.75) is 19.8 Å². The van der Waals surface area contributed by atoms with Crippen LogP contribution in [0.4, 0.5) is 0 Å². The van der Waals surface area contributed by atoms with E-state index in [2.05, 4.69) is 10.3 Å². The Morgan fingerprint density at radius 1 is 1.14 bits per heavy atom. The van der Waals surface area contributed by atoms with E-state index in [1.165, 1.54) is 14.0 Å². The van der Waals surface area contributed by atoms with Gasteiger partial charge in [0.1, 0.15) is 0 Å². The zero-order valence-electron chi connectivity index (χ0n) is 16.4. The fourth-order valence-electron chi connectivity index (χ4n) is 3.90. The molecule has 146 valence electrons. The summed E-state index contributed by atoms with van der Waals surface area (Å²) in [5.41, 5.74) is 4.02. The molecule has 2 aromatic heterocycles. The molecule has 1 unspecified atom stereocenters. The largest absolute Gasteiger partial charge is 0.466 e. The summed E-state index contributed by atoms with van der Waals surface area (Å²) in [4.78, 5) is 29.9. The number of carbonyl (C=O) groups excluding carboxylic acids is 2. The number of thiophene rings is 1. The second-order valence-electron chi connectivity index (χ2n) is 6.86. The van der Waals surface area contributed by atoms with Crippen LogP contribution in [0.15, 0.2) is 71.0 Å². The summed E-state index contributed by atoms with van der Waals surface area (Å²) in [5.74, 6) is -1.07. The Morgan fingerprint density at radius 2 is 1.93 bits per heavy atom. The summed E-state index contributed by atoms with van der Waals surface area (Å²) < 4.78 is 6.26. The van der Waals surface area contributed by atoms with Gasteiger partial charge in [-0.1, -0.05) is 18.2 Å². The third-order valence-corrected chi connectivity index (χ3v) is 6.10. The molecule has 0 saturated carbocycles. The summed E-state index contributed by atoms with van der Waals surface area (Å²) >= 11 is 1.60. The van der Waals surface area contributed by atoms with Gasteiger partial charge >= 0.3 is 5.97 Å². The molecule has 1 aliphatic rings. The Morgan fingerprint density at radius 3 is 2.62 bits per heavy atom. The van der Waals surface area contributed by atoms with Crippen molar-refractivity contribution in [3.63, 3.8) is 0 Å². The van der Waals surface area contributed by atoms with Crippen LogP contribution in [0.2, 0.25) is 0 Å². The van der Waals surface area contributed by atoms with E-state index in [1.54, 1.807) is 23.7 Å². The van der Waals surface area contributed by atoms with Crippen molar-refractivity contribution in [2.24, 2.45) is 0 Å². The minimum atomic E-state index is -0.521. The predicted octanol–water partition coefficient (Wildman–Crippen LogP) is 4.43. The molecule has 4 rings (SSSR count). The van der Waals surface area contributed by atoms with Gasteiger partial charge in [0.15, 0.2) is 5.78 Å². The lowest BCUT2D eigenvalue weighted by molar-refractivity contribution is -0.136. The molecule has 0 spiro atoms. The molecule has 0 amide bonds. The molecule has 1 N–H and O–H groups in total. The number of hydrogen-bond acceptors (Lipinski definition) is 6. The van der Waals surface area contributed by atoms with Crippen LogP contribution in [0, 0.1) is 0 Å². The summed E-state index contributed by atoms with van der Waals surface area (Å²) in [5, 5.41) is 6.33. The number of carbonyl (C=O) groups is 2. The molecule has 0 saturated heterocycles. The normalized spacial score (nSPS) is 16.7. The molecule has 1 atom stereocenters. The summed E-state index contributed by atoms with van der Waals surface area (Å²) in [7, 11) is 1.36. The minimum absolute atomic E-state index is 0.0816. The van der Waals surface area contributed by atoms with Crippen LogP contribution in [0.25, 0.3) is 15.8 Å². The maximum absolute atomic E-state index is 13.0. The standard InChI is InChI=1S/C23H20N2O3S/c1-13-19(14(2)26)20(17-12-29-18-9-5-4-8-16(17)18)21(23(27)28-3)22(25-13)15-7-6-10-24-11-15/h4-12,20,25H,1-3H3. The molecule has 0 radical (unpaired) electrons. The van der Waals surface area contributed by atoms with E-state index in [0.29, 0.717) is 16.8 Å². The zero-order valence-corrected chi connectivity index (χ0v) is 17.2. The van der Waals surface area contributed by atoms with Gasteiger partial charge in [-0.25, -0.2) is 4.79 Å². The van der Waals surface area contributed by atoms with Crippen LogP contribution in [0.5, 0.6) is 0 Å². The van der Waals surface area contributed by atoms with E-state index < -0.39 is 11.9 Å². The molecule has 0 aliphatic carbocycles. The number of hydrogen-bond donors (Lipinski definition) is 1. The molecular weight excluding hydrogens is 384 g/mol. The fourth-order valence-corrected chi connectivity index (χ4v) is 4.88. The molecule has 3 aromatic rings. The predicted molar refractivity (Wildman–Crippen MR) is 114 cm³/mol. The van der Waals surface area contributed by atoms with Crippen LogP contribution in [0.3, 0.4) is 0 Å². The molecule has 29 heavy (non-hydrogen) atoms. The van der Waals surface area contributed by atoms with Gasteiger partial charge < -0.3 is 10.1 Å². The highest BCUT2D eigenvalue weighted by atomic mass is 32.1. The van der Waals surface area contributed by atoms with Gasteiger partial charge in [-0.3, -0.25) is 9.78 Å². The van der Waals surface area contributed by atoms with Crippen LogP contribution >= 0.6 is 11.3 Å². The van der Waals surface area contributed by atoms with Crippen LogP contribution in [-0.4, -0.2) is 23.8 Å². The molecule has 3 heterocycles. The van der Waals surface area contributed by atoms with Crippen molar-refractivity contribution in [1.29, 1.82) is 0 Å². The van der Waals surface area contributed by atoms with Crippen molar-refractivity contribution in [2.75, 3.05) is 7.11 Å². The molecule has 0 fully saturated rings. The number of esters is 1. The Balaban J connectivity index is 2.05.